The predicted molar refractivity (Wildman–Crippen MR) is 160 cm³/mol. The maximum Gasteiger partial charge on any atom is 0.341 e. The van der Waals surface area contributed by atoms with Gasteiger partial charge in [0.15, 0.2) is 0 Å². The number of hydrogen-bond donors (Lipinski definition) is 1. The topological polar surface area (TPSA) is 125 Å². The van der Waals surface area contributed by atoms with Gasteiger partial charge in [0.1, 0.15) is 4.90 Å². The third kappa shape index (κ3) is 9.90. The van der Waals surface area contributed by atoms with Crippen molar-refractivity contribution in [1.82, 2.24) is 19.8 Å². The molecule has 0 aliphatic carbocycles. The van der Waals surface area contributed by atoms with Crippen molar-refractivity contribution in [2.75, 3.05) is 47.0 Å². The summed E-state index contributed by atoms with van der Waals surface area (Å²) in [7, 11) is 4.29. The summed E-state index contributed by atoms with van der Waals surface area (Å²) in [6.45, 7) is 9.50. The Balaban J connectivity index is 0.000000536. The zero-order valence-electron chi connectivity index (χ0n) is 24.9. The summed E-state index contributed by atoms with van der Waals surface area (Å²) in [4.78, 5) is 12.8. The van der Waals surface area contributed by atoms with Gasteiger partial charge in [0.25, 0.3) is 0 Å². The molecule has 0 radical (unpaired) electrons. The first-order chi connectivity index (χ1) is 18.7. The van der Waals surface area contributed by atoms with Crippen molar-refractivity contribution in [2.24, 2.45) is 0 Å². The molecule has 10 heteroatoms. The minimum absolute atomic E-state index is 0.0619. The molecule has 1 aromatic heterocycles. The Bertz CT molecular complexity index is 1400. The summed E-state index contributed by atoms with van der Waals surface area (Å²) in [5.41, 5.74) is 10.8. The monoisotopic (exact) mass is 566 g/mol. The van der Waals surface area contributed by atoms with Crippen LogP contribution in [0.4, 0.5) is 5.95 Å². The van der Waals surface area contributed by atoms with Crippen LogP contribution >= 0.6 is 0 Å². The minimum Gasteiger partial charge on any atom is -0.368 e. The highest BCUT2D eigenvalue weighted by molar-refractivity contribution is 7.87. The Morgan fingerprint density at radius 2 is 1.43 bits per heavy atom. The molecule has 1 heterocycles. The zero-order valence-corrected chi connectivity index (χ0v) is 25.8. The van der Waals surface area contributed by atoms with Crippen LogP contribution in [0.5, 0.6) is 5.88 Å². The van der Waals surface area contributed by atoms with Crippen molar-refractivity contribution in [3.8, 4) is 11.9 Å². The highest BCUT2D eigenvalue weighted by Gasteiger charge is 2.25. The fourth-order valence-corrected chi connectivity index (χ4v) is 5.68. The van der Waals surface area contributed by atoms with Crippen LogP contribution in [0, 0.1) is 39.0 Å². The van der Waals surface area contributed by atoms with Crippen molar-refractivity contribution in [3.63, 3.8) is 0 Å². The smallest absolute Gasteiger partial charge is 0.341 e. The van der Waals surface area contributed by atoms with E-state index >= 15 is 0 Å². The van der Waals surface area contributed by atoms with Crippen molar-refractivity contribution in [1.29, 1.82) is 5.26 Å². The van der Waals surface area contributed by atoms with Gasteiger partial charge in [-0.25, -0.2) is 4.98 Å². The SMILES string of the molecule is CN(C)CCCN(C)C.Cc1cc(C)c(S(=O)(=O)Oc2nc(N)nc(C)c2Cc2ccc(CC#N)cc2)c(C)c1. The molecule has 0 amide bonds. The highest BCUT2D eigenvalue weighted by atomic mass is 32.2. The van der Waals surface area contributed by atoms with Gasteiger partial charge < -0.3 is 19.7 Å². The van der Waals surface area contributed by atoms with Gasteiger partial charge >= 0.3 is 10.1 Å². The molecule has 0 bridgehead atoms. The van der Waals surface area contributed by atoms with Gasteiger partial charge in [0.2, 0.25) is 11.8 Å². The van der Waals surface area contributed by atoms with Crippen LogP contribution in [0.15, 0.2) is 41.3 Å². The van der Waals surface area contributed by atoms with Crippen molar-refractivity contribution < 1.29 is 12.6 Å². The third-order valence-electron chi connectivity index (χ3n) is 6.13. The molecule has 0 aliphatic rings. The predicted octanol–water partition coefficient (Wildman–Crippen LogP) is 4.22. The largest absolute Gasteiger partial charge is 0.368 e. The summed E-state index contributed by atoms with van der Waals surface area (Å²) >= 11 is 0. The van der Waals surface area contributed by atoms with Gasteiger partial charge in [-0.1, -0.05) is 42.0 Å². The Labute approximate surface area is 239 Å². The van der Waals surface area contributed by atoms with Gasteiger partial charge in [-0.2, -0.15) is 18.7 Å². The molecule has 0 atom stereocenters. The number of nitriles is 1. The summed E-state index contributed by atoms with van der Waals surface area (Å²) in [5.74, 6) is -0.140. The number of hydrogen-bond acceptors (Lipinski definition) is 9. The molecule has 0 spiro atoms. The fourth-order valence-electron chi connectivity index (χ4n) is 4.34. The lowest BCUT2D eigenvalue weighted by atomic mass is 10.0. The molecule has 0 saturated heterocycles. The van der Waals surface area contributed by atoms with Crippen molar-refractivity contribution in [2.45, 2.75) is 51.9 Å². The van der Waals surface area contributed by atoms with E-state index in [1.165, 1.54) is 19.5 Å². The van der Waals surface area contributed by atoms with E-state index in [9.17, 15) is 8.42 Å². The van der Waals surface area contributed by atoms with E-state index in [1.54, 1.807) is 32.9 Å². The molecule has 2 aromatic carbocycles. The highest BCUT2D eigenvalue weighted by Crippen LogP contribution is 2.29. The van der Waals surface area contributed by atoms with Crippen LogP contribution < -0.4 is 9.92 Å². The van der Waals surface area contributed by atoms with E-state index in [4.69, 9.17) is 15.2 Å². The molecular weight excluding hydrogens is 524 g/mol. The van der Waals surface area contributed by atoms with E-state index in [2.05, 4.69) is 54.0 Å². The van der Waals surface area contributed by atoms with Crippen molar-refractivity contribution in [3.05, 3.63) is 75.5 Å². The standard InChI is InChI=1S/C23H24N4O3S.C7H18N2/c1-14-11-15(2)21(16(3)12-14)31(28,29)30-22-20(17(4)26-23(25)27-22)13-19-7-5-18(6-8-19)9-10-24;1-8(2)6-5-7-9(3)4/h5-8,11-12H,9,13H2,1-4H3,(H2,25,26,27);5-7H2,1-4H3. The molecule has 3 rings (SSSR count). The Morgan fingerprint density at radius 3 is 1.93 bits per heavy atom. The van der Waals surface area contributed by atoms with Crippen LogP contribution in [0.1, 0.15) is 45.5 Å². The lowest BCUT2D eigenvalue weighted by Gasteiger charge is -2.16. The molecule has 40 heavy (non-hydrogen) atoms. The van der Waals surface area contributed by atoms with Gasteiger partial charge in [-0.15, -0.1) is 0 Å². The van der Waals surface area contributed by atoms with Gasteiger partial charge in [-0.3, -0.25) is 0 Å². The van der Waals surface area contributed by atoms with E-state index in [1.807, 2.05) is 31.2 Å². The number of nitrogens with two attached hydrogens (primary N) is 1. The normalized spacial score (nSPS) is 11.2. The average Bonchev–Trinajstić information content (AvgIpc) is 2.81. The first-order valence-electron chi connectivity index (χ1n) is 13.1. The van der Waals surface area contributed by atoms with Crippen LogP contribution in [-0.4, -0.2) is 69.5 Å². The van der Waals surface area contributed by atoms with E-state index < -0.39 is 10.1 Å². The number of aromatic nitrogens is 2. The second-order valence-electron chi connectivity index (χ2n) is 10.5. The summed E-state index contributed by atoms with van der Waals surface area (Å²) < 4.78 is 31.8. The molecule has 0 saturated carbocycles. The van der Waals surface area contributed by atoms with Crippen LogP contribution in [-0.2, 0) is 23.0 Å². The second kappa shape index (κ2) is 14.7. The van der Waals surface area contributed by atoms with E-state index in [0.29, 0.717) is 35.2 Å². The Hall–Kier alpha value is -3.52. The lowest BCUT2D eigenvalue weighted by Crippen LogP contribution is -2.20. The van der Waals surface area contributed by atoms with Crippen molar-refractivity contribution >= 4 is 16.1 Å². The van der Waals surface area contributed by atoms with Gasteiger partial charge in [-0.05, 0) is 97.6 Å². The maximum atomic E-state index is 13.1. The molecular formula is C30H42N6O3S. The Kier molecular flexibility index (Phi) is 12.1. The maximum absolute atomic E-state index is 13.1. The quantitative estimate of drug-likeness (QED) is 0.359. The third-order valence-corrected chi connectivity index (χ3v) is 7.66. The number of nitrogens with zero attached hydrogens (tertiary/aromatic N) is 5. The zero-order chi connectivity index (χ0) is 30.0. The first-order valence-corrected chi connectivity index (χ1v) is 14.5. The number of benzene rings is 2. The average molecular weight is 567 g/mol. The van der Waals surface area contributed by atoms with Gasteiger partial charge in [0.05, 0.1) is 18.2 Å². The second-order valence-corrected chi connectivity index (χ2v) is 12.0. The fraction of sp³-hybridized carbons (Fsp3) is 0.433. The molecule has 3 aromatic rings. The Morgan fingerprint density at radius 1 is 0.900 bits per heavy atom. The van der Waals surface area contributed by atoms with Crippen LogP contribution in [0.25, 0.3) is 0 Å². The number of anilines is 1. The van der Waals surface area contributed by atoms with E-state index in [0.717, 1.165) is 16.7 Å². The summed E-state index contributed by atoms with van der Waals surface area (Å²) in [6, 6.07) is 13.2. The van der Waals surface area contributed by atoms with Gasteiger partial charge in [0, 0.05) is 12.0 Å². The number of rotatable bonds is 10. The number of aryl methyl sites for hydroxylation is 4. The van der Waals surface area contributed by atoms with Crippen LogP contribution in [0.3, 0.4) is 0 Å². The molecule has 0 unspecified atom stereocenters. The minimum atomic E-state index is -4.14. The van der Waals surface area contributed by atoms with E-state index in [-0.39, 0.29) is 16.7 Å². The molecule has 0 fully saturated rings. The number of nitrogen functional groups attached to an aromatic ring is 1. The van der Waals surface area contributed by atoms with Crippen LogP contribution in [0.2, 0.25) is 0 Å². The molecule has 216 valence electrons. The molecule has 2 N–H and O–H groups in total. The summed E-state index contributed by atoms with van der Waals surface area (Å²) in [5, 5.41) is 8.83. The lowest BCUT2D eigenvalue weighted by molar-refractivity contribution is 0.340. The molecule has 0 aliphatic heterocycles. The first kappa shape index (κ1) is 32.7. The molecule has 9 nitrogen and oxygen atoms in total. The summed E-state index contributed by atoms with van der Waals surface area (Å²) in [6.07, 6.45) is 1.95.